The average Bonchev–Trinajstić information content (AvgIpc) is 3.22. The maximum Gasteiger partial charge on any atom is 0.244 e. The third-order valence-corrected chi connectivity index (χ3v) is 5.47. The fraction of sp³-hybridized carbons (Fsp3) is 0.333. The number of anilines is 2. The van der Waals surface area contributed by atoms with Gasteiger partial charge in [0, 0.05) is 24.2 Å². The number of hydrogen-bond donors (Lipinski definition) is 1. The number of carbonyl (C=O) groups is 2. The van der Waals surface area contributed by atoms with Crippen molar-refractivity contribution < 1.29 is 14.3 Å². The number of nitrogens with zero attached hydrogens (tertiary/aromatic N) is 1. The van der Waals surface area contributed by atoms with Crippen molar-refractivity contribution in [2.45, 2.75) is 26.2 Å². The van der Waals surface area contributed by atoms with Gasteiger partial charge in [0.1, 0.15) is 11.7 Å². The second-order valence-electron chi connectivity index (χ2n) is 6.11. The van der Waals surface area contributed by atoms with E-state index in [1.54, 1.807) is 4.90 Å². The van der Waals surface area contributed by atoms with Crippen molar-refractivity contribution in [2.75, 3.05) is 23.4 Å². The lowest BCUT2D eigenvalue weighted by Gasteiger charge is -2.15. The summed E-state index contributed by atoms with van der Waals surface area (Å²) in [5, 5.41) is 5.61. The van der Waals surface area contributed by atoms with Gasteiger partial charge in [-0.2, -0.15) is 0 Å². The third-order valence-electron chi connectivity index (χ3n) is 4.51. The number of likely N-dealkylation sites (N-methyl/N-ethyl adjacent to an activating group) is 1. The number of benzene rings is 1. The molecule has 1 aromatic heterocycles. The zero-order valence-electron chi connectivity index (χ0n) is 13.6. The highest BCUT2D eigenvalue weighted by Crippen LogP contribution is 2.43. The normalized spacial score (nSPS) is 18.3. The van der Waals surface area contributed by atoms with Crippen molar-refractivity contribution in [1.82, 2.24) is 0 Å². The molecule has 0 saturated heterocycles. The van der Waals surface area contributed by atoms with Crippen LogP contribution in [0.1, 0.15) is 29.5 Å². The van der Waals surface area contributed by atoms with Gasteiger partial charge < -0.3 is 15.0 Å². The monoisotopic (exact) mass is 342 g/mol. The van der Waals surface area contributed by atoms with E-state index in [4.69, 9.17) is 4.74 Å². The number of fused-ring (bicyclic) bond motifs is 2. The Balaban J connectivity index is 1.71. The van der Waals surface area contributed by atoms with Gasteiger partial charge in [-0.05, 0) is 48.6 Å². The second kappa shape index (κ2) is 5.63. The lowest BCUT2D eigenvalue weighted by Crippen LogP contribution is -2.33. The molecule has 1 N–H and O–H groups in total. The molecule has 0 bridgehead atoms. The van der Waals surface area contributed by atoms with Crippen LogP contribution in [0.5, 0.6) is 5.75 Å². The van der Waals surface area contributed by atoms with E-state index in [-0.39, 0.29) is 11.8 Å². The summed E-state index contributed by atoms with van der Waals surface area (Å²) < 4.78 is 5.62. The number of amides is 2. The first kappa shape index (κ1) is 15.2. The van der Waals surface area contributed by atoms with Crippen LogP contribution in [0.2, 0.25) is 0 Å². The van der Waals surface area contributed by atoms with Crippen molar-refractivity contribution in [1.29, 1.82) is 0 Å². The summed E-state index contributed by atoms with van der Waals surface area (Å²) in [7, 11) is 0. The summed E-state index contributed by atoms with van der Waals surface area (Å²) >= 11 is 1.46. The Bertz CT molecular complexity index is 843. The van der Waals surface area contributed by atoms with E-state index in [1.807, 2.05) is 37.4 Å². The molecule has 0 fully saturated rings. The Morgan fingerprint density at radius 3 is 2.96 bits per heavy atom. The smallest absolute Gasteiger partial charge is 0.244 e. The largest absolute Gasteiger partial charge is 0.493 e. The molecule has 1 unspecified atom stereocenters. The predicted octanol–water partition coefficient (Wildman–Crippen LogP) is 3.08. The molecule has 1 aromatic carbocycles. The van der Waals surface area contributed by atoms with Crippen LogP contribution in [0.25, 0.3) is 0 Å². The van der Waals surface area contributed by atoms with Crippen molar-refractivity contribution in [2.24, 2.45) is 0 Å². The SMILES string of the molecule is CCN1C(=O)C(C(=O)Nc2cc(C)cs2)c2cc3c(cc21)CCO3. The third kappa shape index (κ3) is 2.29. The van der Waals surface area contributed by atoms with Gasteiger partial charge >= 0.3 is 0 Å². The van der Waals surface area contributed by atoms with Crippen LogP contribution in [-0.4, -0.2) is 25.0 Å². The number of thiophene rings is 1. The minimum Gasteiger partial charge on any atom is -0.493 e. The van der Waals surface area contributed by atoms with Crippen LogP contribution in [0, 0.1) is 6.92 Å². The van der Waals surface area contributed by atoms with Gasteiger partial charge in [-0.25, -0.2) is 0 Å². The average molecular weight is 342 g/mol. The first-order valence-corrected chi connectivity index (χ1v) is 8.93. The van der Waals surface area contributed by atoms with Crippen LogP contribution in [-0.2, 0) is 16.0 Å². The fourth-order valence-electron chi connectivity index (χ4n) is 3.37. The highest BCUT2D eigenvalue weighted by molar-refractivity contribution is 7.14. The molecule has 0 radical (unpaired) electrons. The summed E-state index contributed by atoms with van der Waals surface area (Å²) in [4.78, 5) is 27.2. The molecule has 124 valence electrons. The van der Waals surface area contributed by atoms with Crippen LogP contribution in [0.4, 0.5) is 10.7 Å². The van der Waals surface area contributed by atoms with Gasteiger partial charge in [0.15, 0.2) is 0 Å². The number of nitrogens with one attached hydrogen (secondary N) is 1. The fourth-order valence-corrected chi connectivity index (χ4v) is 4.16. The van der Waals surface area contributed by atoms with Crippen LogP contribution < -0.4 is 15.0 Å². The Morgan fingerprint density at radius 1 is 1.42 bits per heavy atom. The molecular weight excluding hydrogens is 324 g/mol. The molecule has 0 aliphatic carbocycles. The molecule has 6 heteroatoms. The Morgan fingerprint density at radius 2 is 2.25 bits per heavy atom. The van der Waals surface area contributed by atoms with E-state index >= 15 is 0 Å². The van der Waals surface area contributed by atoms with E-state index in [9.17, 15) is 9.59 Å². The summed E-state index contributed by atoms with van der Waals surface area (Å²) in [6.07, 6.45) is 0.847. The molecule has 1 atom stereocenters. The summed E-state index contributed by atoms with van der Waals surface area (Å²) in [6.45, 7) is 5.10. The van der Waals surface area contributed by atoms with E-state index < -0.39 is 5.92 Å². The summed E-state index contributed by atoms with van der Waals surface area (Å²) in [5.74, 6) is -0.458. The van der Waals surface area contributed by atoms with Crippen molar-refractivity contribution in [3.8, 4) is 5.75 Å². The number of aryl methyl sites for hydroxylation is 1. The van der Waals surface area contributed by atoms with Gasteiger partial charge in [0.25, 0.3) is 0 Å². The molecule has 2 aliphatic heterocycles. The molecule has 4 rings (SSSR count). The molecule has 5 nitrogen and oxygen atoms in total. The topological polar surface area (TPSA) is 58.6 Å². The number of hydrogen-bond acceptors (Lipinski definition) is 4. The Kier molecular flexibility index (Phi) is 3.57. The minimum atomic E-state index is -0.808. The standard InChI is InChI=1S/C18H18N2O3S/c1-3-20-13-7-11-4-5-23-14(11)8-12(13)16(18(20)22)17(21)19-15-6-10(2)9-24-15/h6-9,16H,3-5H2,1-2H3,(H,19,21). The zero-order valence-corrected chi connectivity index (χ0v) is 14.4. The van der Waals surface area contributed by atoms with Gasteiger partial charge in [0.05, 0.1) is 11.6 Å². The molecule has 24 heavy (non-hydrogen) atoms. The molecule has 2 amide bonds. The maximum atomic E-state index is 12.8. The van der Waals surface area contributed by atoms with Crippen LogP contribution >= 0.6 is 11.3 Å². The van der Waals surface area contributed by atoms with Gasteiger partial charge in [0.2, 0.25) is 11.8 Å². The quantitative estimate of drug-likeness (QED) is 0.872. The van der Waals surface area contributed by atoms with Crippen molar-refractivity contribution in [3.63, 3.8) is 0 Å². The van der Waals surface area contributed by atoms with Gasteiger partial charge in [-0.15, -0.1) is 11.3 Å². The highest BCUT2D eigenvalue weighted by atomic mass is 32.1. The maximum absolute atomic E-state index is 12.8. The minimum absolute atomic E-state index is 0.165. The van der Waals surface area contributed by atoms with Gasteiger partial charge in [-0.1, -0.05) is 0 Å². The molecule has 2 aromatic rings. The van der Waals surface area contributed by atoms with E-state index in [2.05, 4.69) is 5.32 Å². The molecule has 2 aliphatic rings. The van der Waals surface area contributed by atoms with Crippen molar-refractivity contribution >= 4 is 33.8 Å². The second-order valence-corrected chi connectivity index (χ2v) is 7.02. The highest BCUT2D eigenvalue weighted by Gasteiger charge is 2.42. The van der Waals surface area contributed by atoms with E-state index in [1.165, 1.54) is 11.3 Å². The zero-order chi connectivity index (χ0) is 16.8. The summed E-state index contributed by atoms with van der Waals surface area (Å²) in [6, 6.07) is 5.78. The first-order valence-electron chi connectivity index (χ1n) is 8.05. The van der Waals surface area contributed by atoms with Crippen molar-refractivity contribution in [3.05, 3.63) is 40.3 Å². The summed E-state index contributed by atoms with van der Waals surface area (Å²) in [5.41, 5.74) is 3.78. The predicted molar refractivity (Wildman–Crippen MR) is 94.1 cm³/mol. The lowest BCUT2D eigenvalue weighted by molar-refractivity contribution is -0.126. The van der Waals surface area contributed by atoms with Crippen LogP contribution in [0.3, 0.4) is 0 Å². The molecule has 0 saturated carbocycles. The first-order chi connectivity index (χ1) is 11.6. The Hall–Kier alpha value is -2.34. The van der Waals surface area contributed by atoms with Gasteiger partial charge in [-0.3, -0.25) is 9.59 Å². The molecular formula is C18H18N2O3S. The molecule has 3 heterocycles. The number of ether oxygens (including phenoxy) is 1. The lowest BCUT2D eigenvalue weighted by atomic mass is 9.97. The number of carbonyl (C=O) groups excluding carboxylic acids is 2. The molecule has 0 spiro atoms. The number of rotatable bonds is 3. The van der Waals surface area contributed by atoms with Crippen LogP contribution in [0.15, 0.2) is 23.6 Å². The van der Waals surface area contributed by atoms with E-state index in [0.717, 1.165) is 39.5 Å². The Labute approximate surface area is 144 Å². The van der Waals surface area contributed by atoms with E-state index in [0.29, 0.717) is 13.2 Å².